The van der Waals surface area contributed by atoms with Gasteiger partial charge in [-0.3, -0.25) is 0 Å². The van der Waals surface area contributed by atoms with Crippen molar-refractivity contribution in [3.05, 3.63) is 75.3 Å². The quantitative estimate of drug-likeness (QED) is 0.669. The topological polar surface area (TPSA) is 50.2 Å². The molecule has 1 aromatic heterocycles. The lowest BCUT2D eigenvalue weighted by Crippen LogP contribution is -2.22. The summed E-state index contributed by atoms with van der Waals surface area (Å²) in [7, 11) is 0. The van der Waals surface area contributed by atoms with Crippen LogP contribution in [-0.2, 0) is 11.8 Å². The van der Waals surface area contributed by atoms with Gasteiger partial charge in [0.25, 0.3) is 0 Å². The molecule has 132 valence electrons. The van der Waals surface area contributed by atoms with Gasteiger partial charge in [0.15, 0.2) is 0 Å². The fraction of sp³-hybridized carbons (Fsp3) is 0.333. The summed E-state index contributed by atoms with van der Waals surface area (Å²) in [6, 6.07) is 7.09. The maximum absolute atomic E-state index is 11.0. The first kappa shape index (κ1) is 19.1. The van der Waals surface area contributed by atoms with E-state index in [2.05, 4.69) is 26.5 Å². The predicted molar refractivity (Wildman–Crippen MR) is 105 cm³/mol. The average Bonchev–Trinajstić information content (AvgIpc) is 2.93. The zero-order chi connectivity index (χ0) is 18.6. The van der Waals surface area contributed by atoms with E-state index in [0.29, 0.717) is 5.56 Å². The third kappa shape index (κ3) is 4.45. The van der Waals surface area contributed by atoms with E-state index in [1.165, 1.54) is 10.5 Å². The van der Waals surface area contributed by atoms with Crippen LogP contribution in [0.3, 0.4) is 0 Å². The minimum atomic E-state index is -0.897. The molecule has 1 unspecified atom stereocenters. The zero-order valence-electron chi connectivity index (χ0n) is 15.3. The zero-order valence-corrected chi connectivity index (χ0v) is 16.1. The molecule has 0 spiro atoms. The van der Waals surface area contributed by atoms with Crippen molar-refractivity contribution in [2.45, 2.75) is 46.0 Å². The number of aryl methyl sites for hydroxylation is 2. The van der Waals surface area contributed by atoms with Crippen molar-refractivity contribution < 1.29 is 9.90 Å². The van der Waals surface area contributed by atoms with E-state index in [1.54, 1.807) is 23.5 Å². The smallest absolute Gasteiger partial charge is 0.335 e. The molecule has 0 radical (unpaired) electrons. The highest BCUT2D eigenvalue weighted by Gasteiger charge is 2.29. The number of allylic oxidation sites excluding steroid dienone is 3. The van der Waals surface area contributed by atoms with Gasteiger partial charge in [-0.1, -0.05) is 36.8 Å². The molecule has 2 aromatic rings. The molecule has 2 rings (SSSR count). The predicted octanol–water partition coefficient (Wildman–Crippen LogP) is 5.48. The summed E-state index contributed by atoms with van der Waals surface area (Å²) in [5.41, 5.74) is 3.60. The first-order valence-corrected chi connectivity index (χ1v) is 9.15. The molecule has 25 heavy (non-hydrogen) atoms. The summed E-state index contributed by atoms with van der Waals surface area (Å²) in [5, 5.41) is 10.1. The lowest BCUT2D eigenvalue weighted by atomic mass is 9.78. The Kier molecular flexibility index (Phi) is 5.96. The number of rotatable bonds is 7. The lowest BCUT2D eigenvalue weighted by molar-refractivity contribution is 0.0697. The van der Waals surface area contributed by atoms with Gasteiger partial charge in [0.1, 0.15) is 0 Å². The first-order chi connectivity index (χ1) is 11.8. The lowest BCUT2D eigenvalue weighted by Gasteiger charge is -2.26. The van der Waals surface area contributed by atoms with Crippen LogP contribution in [0.25, 0.3) is 0 Å². The van der Waals surface area contributed by atoms with Crippen molar-refractivity contribution in [2.24, 2.45) is 0 Å². The third-order valence-corrected chi connectivity index (χ3v) is 5.42. The third-order valence-electron chi connectivity index (χ3n) is 4.53. The van der Waals surface area contributed by atoms with Crippen LogP contribution in [0.2, 0.25) is 0 Å². The monoisotopic (exact) mass is 355 g/mol. The van der Waals surface area contributed by atoms with Crippen molar-refractivity contribution in [3.8, 4) is 0 Å². The SMILES string of the molecule is C=CC(C)(C/C(=C\C)Cc1ccc(C(=O)O)cc1)c1nc(C)sc1C. The van der Waals surface area contributed by atoms with Gasteiger partial charge in [-0.15, -0.1) is 17.9 Å². The summed E-state index contributed by atoms with van der Waals surface area (Å²) in [4.78, 5) is 16.9. The molecular weight excluding hydrogens is 330 g/mol. The van der Waals surface area contributed by atoms with Gasteiger partial charge in [0, 0.05) is 10.3 Å². The van der Waals surface area contributed by atoms with Gasteiger partial charge < -0.3 is 5.11 Å². The molecule has 0 aliphatic rings. The Hall–Kier alpha value is -2.20. The molecule has 4 heteroatoms. The molecule has 1 N–H and O–H groups in total. The van der Waals surface area contributed by atoms with Gasteiger partial charge in [-0.05, 0) is 51.3 Å². The van der Waals surface area contributed by atoms with Crippen molar-refractivity contribution in [1.29, 1.82) is 0 Å². The Bertz CT molecular complexity index is 802. The van der Waals surface area contributed by atoms with Crippen LogP contribution in [0.1, 0.15) is 51.8 Å². The fourth-order valence-electron chi connectivity index (χ4n) is 3.08. The van der Waals surface area contributed by atoms with E-state index in [4.69, 9.17) is 10.1 Å². The Labute approximate surface area is 153 Å². The number of aromatic nitrogens is 1. The van der Waals surface area contributed by atoms with Gasteiger partial charge in [-0.25, -0.2) is 9.78 Å². The van der Waals surface area contributed by atoms with Crippen LogP contribution in [0.15, 0.2) is 48.6 Å². The molecule has 0 fully saturated rings. The standard InChI is InChI=1S/C21H25NO2S/c1-6-16(12-17-8-10-18(11-9-17)20(23)24)13-21(5,7-2)19-14(3)25-15(4)22-19/h6-11H,2,12-13H2,1,3-5H3,(H,23,24)/b16-6-. The van der Waals surface area contributed by atoms with Gasteiger partial charge in [0.2, 0.25) is 0 Å². The number of carboxylic acids is 1. The molecule has 0 bridgehead atoms. The molecule has 3 nitrogen and oxygen atoms in total. The summed E-state index contributed by atoms with van der Waals surface area (Å²) < 4.78 is 0. The summed E-state index contributed by atoms with van der Waals surface area (Å²) in [6.45, 7) is 12.4. The largest absolute Gasteiger partial charge is 0.478 e. The number of nitrogens with zero attached hydrogens (tertiary/aromatic N) is 1. The van der Waals surface area contributed by atoms with Crippen LogP contribution in [0.4, 0.5) is 0 Å². The summed E-state index contributed by atoms with van der Waals surface area (Å²) >= 11 is 1.72. The Morgan fingerprint density at radius 2 is 1.96 bits per heavy atom. The minimum Gasteiger partial charge on any atom is -0.478 e. The van der Waals surface area contributed by atoms with Crippen LogP contribution < -0.4 is 0 Å². The molecular formula is C21H25NO2S. The Morgan fingerprint density at radius 1 is 1.32 bits per heavy atom. The second-order valence-electron chi connectivity index (χ2n) is 6.56. The molecule has 0 aliphatic heterocycles. The average molecular weight is 356 g/mol. The van der Waals surface area contributed by atoms with Crippen LogP contribution >= 0.6 is 11.3 Å². The maximum Gasteiger partial charge on any atom is 0.335 e. The van der Waals surface area contributed by atoms with E-state index in [0.717, 1.165) is 29.1 Å². The van der Waals surface area contributed by atoms with Crippen molar-refractivity contribution >= 4 is 17.3 Å². The fourth-order valence-corrected chi connectivity index (χ4v) is 4.03. The molecule has 0 amide bonds. The van der Waals surface area contributed by atoms with E-state index in [1.807, 2.05) is 32.1 Å². The van der Waals surface area contributed by atoms with Gasteiger partial charge in [0.05, 0.1) is 16.3 Å². The second kappa shape index (κ2) is 7.79. The van der Waals surface area contributed by atoms with Crippen molar-refractivity contribution in [1.82, 2.24) is 4.98 Å². The Balaban J connectivity index is 2.21. The number of thiazole rings is 1. The first-order valence-electron chi connectivity index (χ1n) is 8.33. The molecule has 0 aliphatic carbocycles. The number of hydrogen-bond donors (Lipinski definition) is 1. The number of carboxylic acid groups (broad SMARTS) is 1. The number of benzene rings is 1. The highest BCUT2D eigenvalue weighted by atomic mass is 32.1. The van der Waals surface area contributed by atoms with Crippen molar-refractivity contribution in [2.75, 3.05) is 0 Å². The molecule has 1 aromatic carbocycles. The normalized spacial score (nSPS) is 14.2. The number of carbonyl (C=O) groups is 1. The highest BCUT2D eigenvalue weighted by Crippen LogP contribution is 2.36. The number of hydrogen-bond acceptors (Lipinski definition) is 3. The Morgan fingerprint density at radius 3 is 2.40 bits per heavy atom. The molecule has 0 saturated carbocycles. The van der Waals surface area contributed by atoms with Crippen LogP contribution in [0.5, 0.6) is 0 Å². The maximum atomic E-state index is 11.0. The molecule has 1 heterocycles. The van der Waals surface area contributed by atoms with E-state index < -0.39 is 5.97 Å². The summed E-state index contributed by atoms with van der Waals surface area (Å²) in [6.07, 6.45) is 5.77. The molecule has 1 atom stereocenters. The van der Waals surface area contributed by atoms with E-state index in [9.17, 15) is 4.79 Å². The number of aromatic carboxylic acids is 1. The minimum absolute atomic E-state index is 0.211. The molecule has 0 saturated heterocycles. The summed E-state index contributed by atoms with van der Waals surface area (Å²) in [5.74, 6) is -0.897. The van der Waals surface area contributed by atoms with E-state index >= 15 is 0 Å². The van der Waals surface area contributed by atoms with Crippen molar-refractivity contribution in [3.63, 3.8) is 0 Å². The highest BCUT2D eigenvalue weighted by molar-refractivity contribution is 7.11. The van der Waals surface area contributed by atoms with Crippen LogP contribution in [0, 0.1) is 13.8 Å². The van der Waals surface area contributed by atoms with E-state index in [-0.39, 0.29) is 5.41 Å². The van der Waals surface area contributed by atoms with Crippen LogP contribution in [-0.4, -0.2) is 16.1 Å². The van der Waals surface area contributed by atoms with Gasteiger partial charge in [-0.2, -0.15) is 0 Å². The van der Waals surface area contributed by atoms with Gasteiger partial charge >= 0.3 is 5.97 Å². The second-order valence-corrected chi connectivity index (χ2v) is 7.97.